The quantitative estimate of drug-likeness (QED) is 0.172. The number of esters is 4. The molecule has 0 bridgehead atoms. The summed E-state index contributed by atoms with van der Waals surface area (Å²) in [4.78, 5) is 49.9. The molecule has 0 spiro atoms. The molecule has 0 unspecified atom stereocenters. The van der Waals surface area contributed by atoms with Crippen LogP contribution in [0.5, 0.6) is 0 Å². The summed E-state index contributed by atoms with van der Waals surface area (Å²) in [5, 5.41) is 0. The summed E-state index contributed by atoms with van der Waals surface area (Å²) in [6.07, 6.45) is 4.02. The van der Waals surface area contributed by atoms with E-state index in [2.05, 4.69) is 18.7 Å². The fourth-order valence-electron chi connectivity index (χ4n) is 4.42. The lowest BCUT2D eigenvalue weighted by atomic mass is 9.94. The van der Waals surface area contributed by atoms with Gasteiger partial charge in [-0.25, -0.2) is 0 Å². The number of carbonyl (C=O) groups is 4. The largest absolute Gasteiger partial charge is 0.463 e. The van der Waals surface area contributed by atoms with Gasteiger partial charge in [-0.1, -0.05) is 52.4 Å². The van der Waals surface area contributed by atoms with E-state index in [9.17, 15) is 19.2 Å². The number of carbonyl (C=O) groups excluding carboxylic acids is 4. The van der Waals surface area contributed by atoms with E-state index >= 15 is 0 Å². The van der Waals surface area contributed by atoms with Gasteiger partial charge < -0.3 is 23.7 Å². The fraction of sp³-hybridized carbons (Fsp3) is 0.846. The van der Waals surface area contributed by atoms with Gasteiger partial charge in [0.1, 0.15) is 18.8 Å². The van der Waals surface area contributed by atoms with Crippen LogP contribution in [0.1, 0.15) is 92.9 Å². The van der Waals surface area contributed by atoms with Crippen molar-refractivity contribution in [2.75, 3.05) is 19.7 Å². The molecule has 208 valence electrons. The Morgan fingerprint density at radius 1 is 0.667 bits per heavy atom. The predicted octanol–water partition coefficient (Wildman–Crippen LogP) is 3.53. The molecule has 0 aromatic carbocycles. The molecule has 0 aromatic heterocycles. The van der Waals surface area contributed by atoms with Crippen molar-refractivity contribution in [1.29, 1.82) is 0 Å². The molecule has 10 heteroatoms. The number of rotatable bonds is 16. The molecule has 0 aliphatic carbocycles. The third-order valence-electron chi connectivity index (χ3n) is 5.97. The molecule has 10 nitrogen and oxygen atoms in total. The average Bonchev–Trinajstić information content (AvgIpc) is 2.78. The molecule has 1 rings (SSSR count). The molecular weight excluding hydrogens is 470 g/mol. The van der Waals surface area contributed by atoms with Crippen LogP contribution in [0.15, 0.2) is 0 Å². The van der Waals surface area contributed by atoms with Gasteiger partial charge in [0.2, 0.25) is 6.29 Å². The highest BCUT2D eigenvalue weighted by molar-refractivity contribution is 5.68. The molecule has 0 saturated carbocycles. The molecule has 1 saturated heterocycles. The molecule has 1 heterocycles. The van der Waals surface area contributed by atoms with Crippen LogP contribution in [0.2, 0.25) is 0 Å². The zero-order chi connectivity index (χ0) is 27.1. The molecule has 0 amide bonds. The van der Waals surface area contributed by atoms with Crippen molar-refractivity contribution in [3.05, 3.63) is 0 Å². The van der Waals surface area contributed by atoms with Gasteiger partial charge in [-0.2, -0.15) is 0 Å². The third kappa shape index (κ3) is 11.7. The lowest BCUT2D eigenvalue weighted by Gasteiger charge is -2.48. The van der Waals surface area contributed by atoms with Crippen molar-refractivity contribution in [3.63, 3.8) is 0 Å². The van der Waals surface area contributed by atoms with Crippen LogP contribution in [-0.4, -0.2) is 79.1 Å². The average molecular weight is 516 g/mol. The van der Waals surface area contributed by atoms with Crippen LogP contribution in [0, 0.1) is 0 Å². The van der Waals surface area contributed by atoms with Crippen LogP contribution in [0.4, 0.5) is 0 Å². The van der Waals surface area contributed by atoms with Crippen molar-refractivity contribution >= 4 is 23.9 Å². The minimum absolute atomic E-state index is 0.261. The van der Waals surface area contributed by atoms with Crippen LogP contribution in [0.3, 0.4) is 0 Å². The highest BCUT2D eigenvalue weighted by Crippen LogP contribution is 2.32. The number of ether oxygens (including phenoxy) is 5. The minimum atomic E-state index is -1.11. The highest BCUT2D eigenvalue weighted by Gasteiger charge is 2.53. The van der Waals surface area contributed by atoms with Crippen molar-refractivity contribution in [2.24, 2.45) is 0 Å². The fourth-order valence-corrected chi connectivity index (χ4v) is 4.42. The number of unbranched alkanes of at least 4 members (excludes halogenated alkanes) is 6. The van der Waals surface area contributed by atoms with Crippen LogP contribution < -0.4 is 0 Å². The van der Waals surface area contributed by atoms with Gasteiger partial charge >= 0.3 is 23.9 Å². The molecular formula is C26H45NO9. The molecule has 1 fully saturated rings. The minimum Gasteiger partial charge on any atom is -0.463 e. The molecule has 1 aliphatic rings. The van der Waals surface area contributed by atoms with E-state index in [1.807, 2.05) is 0 Å². The Kier molecular flexibility index (Phi) is 15.3. The second-order valence-corrected chi connectivity index (χ2v) is 9.25. The van der Waals surface area contributed by atoms with Crippen molar-refractivity contribution < 1.29 is 42.9 Å². The van der Waals surface area contributed by atoms with Gasteiger partial charge in [0, 0.05) is 27.7 Å². The van der Waals surface area contributed by atoms with E-state index in [4.69, 9.17) is 23.7 Å². The van der Waals surface area contributed by atoms with Gasteiger partial charge in [-0.05, 0) is 25.9 Å². The Labute approximate surface area is 215 Å². The van der Waals surface area contributed by atoms with Crippen molar-refractivity contribution in [3.8, 4) is 0 Å². The van der Waals surface area contributed by atoms with E-state index in [1.54, 1.807) is 0 Å². The van der Waals surface area contributed by atoms with Crippen molar-refractivity contribution in [1.82, 2.24) is 4.90 Å². The smallest absolute Gasteiger partial charge is 0.304 e. The Morgan fingerprint density at radius 2 is 1.17 bits per heavy atom. The second kappa shape index (κ2) is 17.3. The number of nitrogens with zero attached hydrogens (tertiary/aromatic N) is 1. The first-order valence-corrected chi connectivity index (χ1v) is 13.1. The standard InChI is InChI=1S/C26H45NO9/c1-7-9-11-13-15-27(16-14-12-10-8-2)23-25(34-20(5)30)24(33-19(4)29)22(17-32-18(3)28)36-26(23)35-21(6)31/h22-26H,7-17H2,1-6H3/t22-,23-,24-,25-,26-/m1/s1. The molecule has 0 aromatic rings. The highest BCUT2D eigenvalue weighted by atomic mass is 16.7. The molecule has 1 aliphatic heterocycles. The summed E-state index contributed by atoms with van der Waals surface area (Å²) in [7, 11) is 0. The zero-order valence-electron chi connectivity index (χ0n) is 22.8. The van der Waals surface area contributed by atoms with Crippen molar-refractivity contribution in [2.45, 2.75) is 124 Å². The normalized spacial score (nSPS) is 23.7. The maximum Gasteiger partial charge on any atom is 0.304 e. The molecule has 0 radical (unpaired) electrons. The van der Waals surface area contributed by atoms with Gasteiger partial charge in [0.05, 0.1) is 0 Å². The first-order chi connectivity index (χ1) is 17.1. The maximum atomic E-state index is 12.2. The summed E-state index contributed by atoms with van der Waals surface area (Å²) in [6.45, 7) is 10.4. The van der Waals surface area contributed by atoms with Gasteiger partial charge in [-0.3, -0.25) is 24.1 Å². The summed E-state index contributed by atoms with van der Waals surface area (Å²) in [5.41, 5.74) is 0. The summed E-state index contributed by atoms with van der Waals surface area (Å²) in [5.74, 6) is -2.30. The van der Waals surface area contributed by atoms with E-state index < -0.39 is 54.5 Å². The number of hydrogen-bond donors (Lipinski definition) is 0. The summed E-state index contributed by atoms with van der Waals surface area (Å²) >= 11 is 0. The predicted molar refractivity (Wildman–Crippen MR) is 132 cm³/mol. The molecule has 0 N–H and O–H groups in total. The van der Waals surface area contributed by atoms with Gasteiger partial charge in [0.15, 0.2) is 12.2 Å². The first kappa shape index (κ1) is 31.8. The maximum absolute atomic E-state index is 12.2. The van der Waals surface area contributed by atoms with E-state index in [-0.39, 0.29) is 6.61 Å². The second-order valence-electron chi connectivity index (χ2n) is 9.25. The molecule has 5 atom stereocenters. The van der Waals surface area contributed by atoms with E-state index in [1.165, 1.54) is 27.7 Å². The Balaban J connectivity index is 3.42. The zero-order valence-corrected chi connectivity index (χ0v) is 22.8. The van der Waals surface area contributed by atoms with E-state index in [0.29, 0.717) is 13.1 Å². The van der Waals surface area contributed by atoms with Gasteiger partial charge in [-0.15, -0.1) is 0 Å². The monoisotopic (exact) mass is 515 g/mol. The third-order valence-corrected chi connectivity index (χ3v) is 5.97. The summed E-state index contributed by atoms with van der Waals surface area (Å²) in [6, 6.07) is -0.709. The van der Waals surface area contributed by atoms with Gasteiger partial charge in [0.25, 0.3) is 0 Å². The lowest BCUT2D eigenvalue weighted by molar-refractivity contribution is -0.285. The van der Waals surface area contributed by atoms with Crippen LogP contribution >= 0.6 is 0 Å². The summed E-state index contributed by atoms with van der Waals surface area (Å²) < 4.78 is 28.1. The molecule has 36 heavy (non-hydrogen) atoms. The number of hydrogen-bond acceptors (Lipinski definition) is 10. The van der Waals surface area contributed by atoms with Crippen LogP contribution in [0.25, 0.3) is 0 Å². The SMILES string of the molecule is CCCCCCN(CCCCCC)[C@H]1[C@H](OC(C)=O)O[C@H](COC(C)=O)[C@@H](OC(C)=O)[C@@H]1OC(C)=O. The Morgan fingerprint density at radius 3 is 1.61 bits per heavy atom. The topological polar surface area (TPSA) is 118 Å². The van der Waals surface area contributed by atoms with E-state index in [0.717, 1.165) is 51.4 Å². The van der Waals surface area contributed by atoms with Crippen LogP contribution in [-0.2, 0) is 42.9 Å². The Bertz CT molecular complexity index is 687. The Hall–Kier alpha value is -2.20. The first-order valence-electron chi connectivity index (χ1n) is 13.1. The lowest BCUT2D eigenvalue weighted by Crippen LogP contribution is -2.67.